The summed E-state index contributed by atoms with van der Waals surface area (Å²) in [6.07, 6.45) is 0.558. The van der Waals surface area contributed by atoms with Crippen LogP contribution in [0.3, 0.4) is 0 Å². The van der Waals surface area contributed by atoms with Gasteiger partial charge in [0.05, 0.1) is 29.5 Å². The molecule has 0 aliphatic carbocycles. The third kappa shape index (κ3) is 4.68. The SMILES string of the molecule is CCOC(=O)c1c(NC(=O)CCCn2nc([N+](=O)[O-])c(Cl)c2C)sc(C)c1C. The number of nitrogens with zero attached hydrogens (tertiary/aromatic N) is 3. The molecule has 1 N–H and O–H groups in total. The molecule has 2 aromatic rings. The Hall–Kier alpha value is -2.46. The summed E-state index contributed by atoms with van der Waals surface area (Å²) >= 11 is 7.22. The molecule has 1 amide bonds. The number of thiophene rings is 1. The van der Waals surface area contributed by atoms with E-state index >= 15 is 0 Å². The normalized spacial score (nSPS) is 10.8. The van der Waals surface area contributed by atoms with Crippen LogP contribution in [0.1, 0.15) is 46.3 Å². The molecule has 0 unspecified atom stereocenters. The molecule has 0 spiro atoms. The fraction of sp³-hybridized carbons (Fsp3) is 0.471. The molecule has 2 aromatic heterocycles. The first-order chi connectivity index (χ1) is 13.2. The maximum Gasteiger partial charge on any atom is 0.408 e. The van der Waals surface area contributed by atoms with Crippen LogP contribution in [0, 0.1) is 30.9 Å². The van der Waals surface area contributed by atoms with Crippen LogP contribution in [-0.4, -0.2) is 33.2 Å². The van der Waals surface area contributed by atoms with Gasteiger partial charge < -0.3 is 20.2 Å². The lowest BCUT2D eigenvalue weighted by Crippen LogP contribution is -2.15. The highest BCUT2D eigenvalue weighted by Crippen LogP contribution is 2.33. The molecule has 11 heteroatoms. The Bertz CT molecular complexity index is 921. The molecule has 0 aliphatic heterocycles. The van der Waals surface area contributed by atoms with E-state index < -0.39 is 16.7 Å². The van der Waals surface area contributed by atoms with E-state index in [2.05, 4.69) is 10.4 Å². The maximum absolute atomic E-state index is 12.3. The maximum atomic E-state index is 12.3. The summed E-state index contributed by atoms with van der Waals surface area (Å²) in [5.41, 5.74) is 1.64. The Kier molecular flexibility index (Phi) is 7.14. The van der Waals surface area contributed by atoms with Crippen molar-refractivity contribution < 1.29 is 19.2 Å². The number of amides is 1. The Morgan fingerprint density at radius 2 is 2.04 bits per heavy atom. The van der Waals surface area contributed by atoms with Crippen molar-refractivity contribution in [1.29, 1.82) is 0 Å². The monoisotopic (exact) mass is 428 g/mol. The summed E-state index contributed by atoms with van der Waals surface area (Å²) < 4.78 is 6.48. The first-order valence-electron chi connectivity index (χ1n) is 8.61. The molecule has 2 rings (SSSR count). The first kappa shape index (κ1) is 21.8. The molecule has 28 heavy (non-hydrogen) atoms. The van der Waals surface area contributed by atoms with Crippen molar-refractivity contribution in [3.05, 3.63) is 36.8 Å². The lowest BCUT2D eigenvalue weighted by atomic mass is 10.1. The van der Waals surface area contributed by atoms with E-state index in [1.165, 1.54) is 16.0 Å². The van der Waals surface area contributed by atoms with Gasteiger partial charge in [-0.3, -0.25) is 4.79 Å². The van der Waals surface area contributed by atoms with Crippen molar-refractivity contribution in [3.8, 4) is 0 Å². The third-order valence-corrected chi connectivity index (χ3v) is 5.75. The van der Waals surface area contributed by atoms with Gasteiger partial charge in [0, 0.05) is 11.3 Å². The molecule has 0 aliphatic rings. The summed E-state index contributed by atoms with van der Waals surface area (Å²) in [6.45, 7) is 7.59. The van der Waals surface area contributed by atoms with Crippen LogP contribution in [0.4, 0.5) is 10.8 Å². The van der Waals surface area contributed by atoms with Crippen molar-refractivity contribution in [2.45, 2.75) is 47.1 Å². The van der Waals surface area contributed by atoms with Gasteiger partial charge in [-0.15, -0.1) is 11.3 Å². The number of aromatic nitrogens is 2. The van der Waals surface area contributed by atoms with Crippen LogP contribution in [0.5, 0.6) is 0 Å². The van der Waals surface area contributed by atoms with E-state index in [1.54, 1.807) is 13.8 Å². The van der Waals surface area contributed by atoms with Crippen molar-refractivity contribution in [1.82, 2.24) is 9.78 Å². The van der Waals surface area contributed by atoms with Gasteiger partial charge in [-0.2, -0.15) is 4.68 Å². The average molecular weight is 429 g/mol. The second kappa shape index (κ2) is 9.16. The Morgan fingerprint density at radius 1 is 1.36 bits per heavy atom. The Labute approximate surface area is 170 Å². The predicted octanol–water partition coefficient (Wildman–Crippen LogP) is 4.03. The van der Waals surface area contributed by atoms with Crippen LogP contribution in [0.15, 0.2) is 0 Å². The van der Waals surface area contributed by atoms with Crippen LogP contribution < -0.4 is 5.32 Å². The molecular weight excluding hydrogens is 408 g/mol. The number of rotatable bonds is 8. The molecule has 0 atom stereocenters. The number of ether oxygens (including phenoxy) is 1. The van der Waals surface area contributed by atoms with Crippen LogP contribution in [0.2, 0.25) is 5.02 Å². The lowest BCUT2D eigenvalue weighted by molar-refractivity contribution is -0.389. The third-order valence-electron chi connectivity index (χ3n) is 4.18. The number of carbonyl (C=O) groups is 2. The van der Waals surface area contributed by atoms with E-state index in [-0.39, 0.29) is 24.0 Å². The van der Waals surface area contributed by atoms with Gasteiger partial charge in [0.15, 0.2) is 5.02 Å². The van der Waals surface area contributed by atoms with Crippen LogP contribution in [0.25, 0.3) is 0 Å². The fourth-order valence-corrected chi connectivity index (χ4v) is 3.85. The van der Waals surface area contributed by atoms with Gasteiger partial charge in [-0.25, -0.2) is 4.79 Å². The molecule has 0 aromatic carbocycles. The van der Waals surface area contributed by atoms with Gasteiger partial charge in [0.1, 0.15) is 5.00 Å². The molecule has 0 fully saturated rings. The van der Waals surface area contributed by atoms with E-state index in [9.17, 15) is 19.7 Å². The second-order valence-corrected chi connectivity index (χ2v) is 7.67. The van der Waals surface area contributed by atoms with E-state index in [1.807, 2.05) is 13.8 Å². The van der Waals surface area contributed by atoms with Crippen molar-refractivity contribution in [2.75, 3.05) is 11.9 Å². The van der Waals surface area contributed by atoms with E-state index in [4.69, 9.17) is 16.3 Å². The van der Waals surface area contributed by atoms with E-state index in [0.717, 1.165) is 10.4 Å². The topological polar surface area (TPSA) is 116 Å². The average Bonchev–Trinajstić information content (AvgIpc) is 3.05. The van der Waals surface area contributed by atoms with Crippen molar-refractivity contribution in [2.24, 2.45) is 0 Å². The number of carbonyl (C=O) groups excluding carboxylic acids is 2. The number of hydrogen-bond acceptors (Lipinski definition) is 7. The largest absolute Gasteiger partial charge is 0.462 e. The molecule has 0 bridgehead atoms. The number of anilines is 1. The zero-order valence-electron chi connectivity index (χ0n) is 16.0. The second-order valence-electron chi connectivity index (χ2n) is 6.06. The molecular formula is C17H21ClN4O5S. The molecule has 0 saturated carbocycles. The zero-order chi connectivity index (χ0) is 21.0. The van der Waals surface area contributed by atoms with Gasteiger partial charge in [0.2, 0.25) is 5.91 Å². The molecule has 9 nitrogen and oxygen atoms in total. The van der Waals surface area contributed by atoms with E-state index in [0.29, 0.717) is 29.2 Å². The number of hydrogen-bond donors (Lipinski definition) is 1. The number of halogens is 1. The van der Waals surface area contributed by atoms with Gasteiger partial charge in [0.25, 0.3) is 0 Å². The summed E-state index contributed by atoms with van der Waals surface area (Å²) in [4.78, 5) is 35.6. The van der Waals surface area contributed by atoms with Gasteiger partial charge in [-0.05, 0) is 44.6 Å². The van der Waals surface area contributed by atoms with Crippen LogP contribution >= 0.6 is 22.9 Å². The Morgan fingerprint density at radius 3 is 2.61 bits per heavy atom. The summed E-state index contributed by atoms with van der Waals surface area (Å²) in [7, 11) is 0. The van der Waals surface area contributed by atoms with Crippen LogP contribution in [-0.2, 0) is 16.1 Å². The summed E-state index contributed by atoms with van der Waals surface area (Å²) in [5, 5.41) is 18.0. The number of aryl methyl sites for hydroxylation is 2. The number of nitrogens with one attached hydrogen (secondary N) is 1. The predicted molar refractivity (Wildman–Crippen MR) is 106 cm³/mol. The van der Waals surface area contributed by atoms with Gasteiger partial charge in [-0.1, -0.05) is 11.6 Å². The fourth-order valence-electron chi connectivity index (χ4n) is 2.59. The Balaban J connectivity index is 2.01. The first-order valence-corrected chi connectivity index (χ1v) is 9.81. The molecule has 0 saturated heterocycles. The highest BCUT2D eigenvalue weighted by atomic mass is 35.5. The molecule has 152 valence electrons. The minimum absolute atomic E-state index is 0.00179. The standard InChI is InChI=1S/C17H21ClN4O5S/c1-5-27-17(24)13-9(2)11(4)28-16(13)19-12(23)7-6-8-21-10(3)14(18)15(20-21)22(25)26/h5-8H2,1-4H3,(H,19,23). The number of nitro groups is 1. The zero-order valence-corrected chi connectivity index (χ0v) is 17.6. The minimum Gasteiger partial charge on any atom is -0.462 e. The highest BCUT2D eigenvalue weighted by molar-refractivity contribution is 7.16. The molecule has 0 radical (unpaired) electrons. The lowest BCUT2D eigenvalue weighted by Gasteiger charge is -2.07. The molecule has 2 heterocycles. The quantitative estimate of drug-likeness (QED) is 0.385. The van der Waals surface area contributed by atoms with Crippen molar-refractivity contribution in [3.63, 3.8) is 0 Å². The highest BCUT2D eigenvalue weighted by Gasteiger charge is 2.24. The van der Waals surface area contributed by atoms with Gasteiger partial charge >= 0.3 is 11.8 Å². The minimum atomic E-state index is -0.642. The number of esters is 1. The summed E-state index contributed by atoms with van der Waals surface area (Å²) in [5.74, 6) is -1.13. The summed E-state index contributed by atoms with van der Waals surface area (Å²) in [6, 6.07) is 0. The smallest absolute Gasteiger partial charge is 0.408 e. The van der Waals surface area contributed by atoms with Crippen molar-refractivity contribution >= 4 is 45.6 Å².